The molecule has 3 unspecified atom stereocenters. The van der Waals surface area contributed by atoms with Crippen molar-refractivity contribution in [3.8, 4) is 5.75 Å². The maximum Gasteiger partial charge on any atom is 0.222 e. The predicted octanol–water partition coefficient (Wildman–Crippen LogP) is 2.97. The van der Waals surface area contributed by atoms with Crippen molar-refractivity contribution < 1.29 is 14.3 Å². The van der Waals surface area contributed by atoms with Crippen LogP contribution < -0.4 is 31.1 Å². The number of fused-ring (bicyclic) bond motifs is 3. The van der Waals surface area contributed by atoms with Gasteiger partial charge in [-0.1, -0.05) is 23.7 Å². The first kappa shape index (κ1) is 26.9. The molecule has 2 aliphatic heterocycles. The van der Waals surface area contributed by atoms with Gasteiger partial charge in [0.05, 0.1) is 31.4 Å². The van der Waals surface area contributed by atoms with Crippen molar-refractivity contribution >= 4 is 34.8 Å². The number of hydrogen-bond acceptors (Lipinski definition) is 7. The Morgan fingerprint density at radius 1 is 1.05 bits per heavy atom. The van der Waals surface area contributed by atoms with E-state index in [0.717, 1.165) is 47.5 Å². The topological polar surface area (TPSA) is 107 Å². The summed E-state index contributed by atoms with van der Waals surface area (Å²) in [5, 5.41) is 6.48. The minimum atomic E-state index is -0.346. The third-order valence-corrected chi connectivity index (χ3v) is 6.87. The fourth-order valence-electron chi connectivity index (χ4n) is 4.77. The van der Waals surface area contributed by atoms with Crippen LogP contribution in [0.3, 0.4) is 0 Å². The average Bonchev–Trinajstić information content (AvgIpc) is 3.20. The quantitative estimate of drug-likeness (QED) is 0.355. The fourth-order valence-corrected chi connectivity index (χ4v) is 4.89. The van der Waals surface area contributed by atoms with Crippen LogP contribution >= 0.6 is 11.6 Å². The van der Waals surface area contributed by atoms with Gasteiger partial charge in [0.15, 0.2) is 0 Å². The van der Waals surface area contributed by atoms with Gasteiger partial charge >= 0.3 is 0 Å². The Bertz CT molecular complexity index is 1140. The summed E-state index contributed by atoms with van der Waals surface area (Å²) in [6, 6.07) is 13.2. The third kappa shape index (κ3) is 6.60. The molecule has 0 aliphatic carbocycles. The molecule has 9 nitrogen and oxygen atoms in total. The number of rotatable bonds is 10. The Balaban J connectivity index is 1.55. The van der Waals surface area contributed by atoms with Gasteiger partial charge in [0.1, 0.15) is 11.9 Å². The highest BCUT2D eigenvalue weighted by molar-refractivity contribution is 6.30. The molecule has 0 spiro atoms. The van der Waals surface area contributed by atoms with E-state index in [1.807, 2.05) is 42.5 Å². The highest BCUT2D eigenvalue weighted by Gasteiger charge is 2.40. The number of unbranched alkanes of at least 4 members (excludes halogenated alkanes) is 2. The third-order valence-electron chi connectivity index (χ3n) is 6.62. The molecular formula is C27H35ClN6O3. The lowest BCUT2D eigenvalue weighted by Gasteiger charge is -2.31. The van der Waals surface area contributed by atoms with E-state index in [2.05, 4.69) is 33.3 Å². The van der Waals surface area contributed by atoms with Crippen LogP contribution in [-0.4, -0.2) is 56.1 Å². The lowest BCUT2D eigenvalue weighted by atomic mass is 9.99. The monoisotopic (exact) mass is 526 g/mol. The van der Waals surface area contributed by atoms with E-state index in [0.29, 0.717) is 18.1 Å². The number of benzene rings is 2. The number of nitrogens with zero attached hydrogens (tertiary/aromatic N) is 2. The molecule has 4 N–H and O–H groups in total. The lowest BCUT2D eigenvalue weighted by Crippen LogP contribution is -2.47. The largest absolute Gasteiger partial charge is 0.497 e. The number of methoxy groups -OCH3 is 1. The minimum Gasteiger partial charge on any atom is -0.497 e. The molecule has 10 heteroatoms. The number of ether oxygens (including phenoxy) is 1. The van der Waals surface area contributed by atoms with Gasteiger partial charge < -0.3 is 20.3 Å². The van der Waals surface area contributed by atoms with E-state index in [-0.39, 0.29) is 36.6 Å². The van der Waals surface area contributed by atoms with Crippen molar-refractivity contribution in [2.24, 2.45) is 4.99 Å². The minimum absolute atomic E-state index is 0.00825. The molecular weight excluding hydrogens is 492 g/mol. The van der Waals surface area contributed by atoms with Crippen LogP contribution in [0.15, 0.2) is 47.5 Å². The van der Waals surface area contributed by atoms with E-state index in [9.17, 15) is 9.59 Å². The van der Waals surface area contributed by atoms with Gasteiger partial charge in [0, 0.05) is 41.9 Å². The second kappa shape index (κ2) is 12.4. The molecule has 2 aromatic rings. The van der Waals surface area contributed by atoms with Crippen LogP contribution in [0.1, 0.15) is 50.7 Å². The summed E-state index contributed by atoms with van der Waals surface area (Å²) in [5.41, 5.74) is 10.3. The number of nitrogens with one attached hydrogen (secondary N) is 4. The summed E-state index contributed by atoms with van der Waals surface area (Å²) >= 11 is 6.17. The first-order valence-electron chi connectivity index (χ1n) is 12.7. The lowest BCUT2D eigenvalue weighted by molar-refractivity contribution is -0.121. The molecule has 3 atom stereocenters. The van der Waals surface area contributed by atoms with Crippen molar-refractivity contribution in [2.75, 3.05) is 25.1 Å². The van der Waals surface area contributed by atoms with Crippen LogP contribution in [0.25, 0.3) is 0 Å². The molecule has 2 aromatic carbocycles. The second-order valence-electron chi connectivity index (χ2n) is 9.35. The summed E-state index contributed by atoms with van der Waals surface area (Å²) in [5.74, 6) is 0.671. The number of hydrazine groups is 1. The van der Waals surface area contributed by atoms with E-state index in [4.69, 9.17) is 21.3 Å². The Labute approximate surface area is 223 Å². The number of carbonyl (C=O) groups is 2. The smallest absolute Gasteiger partial charge is 0.222 e. The number of amides is 2. The molecule has 0 bridgehead atoms. The SMILES string of the molecule is COc1ccc2c(c1)C(c1ccc(Cl)cc1)=NC(CC(=O)NCCCCCNC(C)=O)C1NNC(C)N21. The van der Waals surface area contributed by atoms with Crippen LogP contribution in [0.2, 0.25) is 5.02 Å². The van der Waals surface area contributed by atoms with E-state index >= 15 is 0 Å². The number of halogens is 1. The Hall–Kier alpha value is -3.14. The van der Waals surface area contributed by atoms with Crippen LogP contribution in [-0.2, 0) is 9.59 Å². The fraction of sp³-hybridized carbons (Fsp3) is 0.444. The number of anilines is 1. The van der Waals surface area contributed by atoms with Gasteiger partial charge in [-0.25, -0.2) is 10.9 Å². The second-order valence-corrected chi connectivity index (χ2v) is 9.79. The van der Waals surface area contributed by atoms with Crippen LogP contribution in [0, 0.1) is 0 Å². The summed E-state index contributed by atoms with van der Waals surface area (Å²) in [6.07, 6.45) is 2.68. The van der Waals surface area contributed by atoms with E-state index in [1.165, 1.54) is 6.92 Å². The summed E-state index contributed by atoms with van der Waals surface area (Å²) in [7, 11) is 1.65. The zero-order valence-electron chi connectivity index (χ0n) is 21.5. The van der Waals surface area contributed by atoms with Crippen LogP contribution in [0.5, 0.6) is 5.75 Å². The van der Waals surface area contributed by atoms with E-state index < -0.39 is 0 Å². The highest BCUT2D eigenvalue weighted by atomic mass is 35.5. The average molecular weight is 527 g/mol. The normalized spacial score (nSPS) is 20.4. The molecule has 1 fully saturated rings. The summed E-state index contributed by atoms with van der Waals surface area (Å²) in [6.45, 7) is 4.84. The Kier molecular flexibility index (Phi) is 9.02. The maximum atomic E-state index is 13.0. The van der Waals surface area contributed by atoms with Gasteiger partial charge in [0.2, 0.25) is 11.8 Å². The highest BCUT2D eigenvalue weighted by Crippen LogP contribution is 2.36. The molecule has 2 aliphatic rings. The van der Waals surface area contributed by atoms with Crippen molar-refractivity contribution in [1.29, 1.82) is 0 Å². The summed E-state index contributed by atoms with van der Waals surface area (Å²) < 4.78 is 5.53. The molecule has 198 valence electrons. The zero-order chi connectivity index (χ0) is 26.4. The number of aliphatic imine (C=N–C) groups is 1. The molecule has 0 saturated carbocycles. The van der Waals surface area contributed by atoms with Crippen molar-refractivity contribution in [1.82, 2.24) is 21.5 Å². The zero-order valence-corrected chi connectivity index (χ0v) is 22.3. The van der Waals surface area contributed by atoms with Crippen molar-refractivity contribution in [3.63, 3.8) is 0 Å². The van der Waals surface area contributed by atoms with Crippen LogP contribution in [0.4, 0.5) is 5.69 Å². The first-order valence-corrected chi connectivity index (χ1v) is 13.1. The molecule has 0 aromatic heterocycles. The number of hydrogen-bond donors (Lipinski definition) is 4. The Morgan fingerprint density at radius 2 is 1.78 bits per heavy atom. The maximum absolute atomic E-state index is 13.0. The number of carbonyl (C=O) groups excluding carboxylic acids is 2. The predicted molar refractivity (Wildman–Crippen MR) is 146 cm³/mol. The van der Waals surface area contributed by atoms with E-state index in [1.54, 1.807) is 7.11 Å². The van der Waals surface area contributed by atoms with Crippen molar-refractivity contribution in [3.05, 3.63) is 58.6 Å². The molecule has 37 heavy (non-hydrogen) atoms. The Morgan fingerprint density at radius 3 is 2.49 bits per heavy atom. The van der Waals surface area contributed by atoms with Gasteiger partial charge in [-0.2, -0.15) is 0 Å². The summed E-state index contributed by atoms with van der Waals surface area (Å²) in [4.78, 5) is 31.4. The van der Waals surface area contributed by atoms with Gasteiger partial charge in [-0.15, -0.1) is 0 Å². The van der Waals surface area contributed by atoms with Gasteiger partial charge in [0.25, 0.3) is 0 Å². The molecule has 2 heterocycles. The van der Waals surface area contributed by atoms with Gasteiger partial charge in [-0.05, 0) is 56.5 Å². The standard InChI is InChI=1S/C27H35ClN6O3/c1-17-32-33-27-23(16-25(36)30-14-6-4-5-13-29-18(2)35)31-26(19-7-9-20(28)10-8-19)22-15-21(37-3)11-12-24(22)34(17)27/h7-12,15,17,23,27,32-33H,4-6,13-14,16H2,1-3H3,(H,29,35)(H,30,36). The van der Waals surface area contributed by atoms with Gasteiger partial charge in [-0.3, -0.25) is 14.6 Å². The first-order chi connectivity index (χ1) is 17.9. The molecule has 2 amide bonds. The molecule has 4 rings (SSSR count). The molecule has 1 saturated heterocycles. The van der Waals surface area contributed by atoms with Crippen molar-refractivity contribution in [2.45, 2.75) is 57.9 Å². The molecule has 0 radical (unpaired) electrons.